The first-order valence-corrected chi connectivity index (χ1v) is 4.32. The van der Waals surface area contributed by atoms with Crippen LogP contribution in [0.1, 0.15) is 25.7 Å². The lowest BCUT2D eigenvalue weighted by molar-refractivity contribution is 0.162. The number of carbonyl (C=O) groups is 1. The fourth-order valence-electron chi connectivity index (χ4n) is 1.49. The van der Waals surface area contributed by atoms with E-state index in [-0.39, 0.29) is 24.5 Å². The normalized spacial score (nSPS) is 27.2. The Morgan fingerprint density at radius 3 is 2.38 bits per heavy atom. The Morgan fingerprint density at radius 1 is 1.38 bits per heavy atom. The van der Waals surface area contributed by atoms with E-state index in [1.165, 1.54) is 7.11 Å². The number of hydrogen-bond acceptors (Lipinski definition) is 3. The highest BCUT2D eigenvalue weighted by atomic mass is 35.5. The highest BCUT2D eigenvalue weighted by molar-refractivity contribution is 5.85. The van der Waals surface area contributed by atoms with Crippen LogP contribution >= 0.6 is 12.4 Å². The van der Waals surface area contributed by atoms with Crippen molar-refractivity contribution in [2.24, 2.45) is 5.73 Å². The quantitative estimate of drug-likeness (QED) is 0.677. The molecule has 0 aromatic carbocycles. The van der Waals surface area contributed by atoms with Crippen LogP contribution in [0.3, 0.4) is 0 Å². The molecule has 0 aromatic heterocycles. The average molecular weight is 209 g/mol. The molecule has 1 saturated carbocycles. The van der Waals surface area contributed by atoms with Crippen LogP contribution in [-0.2, 0) is 4.74 Å². The summed E-state index contributed by atoms with van der Waals surface area (Å²) in [7, 11) is 1.38. The van der Waals surface area contributed by atoms with Crippen LogP contribution in [0.2, 0.25) is 0 Å². The number of nitrogens with one attached hydrogen (secondary N) is 1. The summed E-state index contributed by atoms with van der Waals surface area (Å²) in [6.07, 6.45) is 3.59. The van der Waals surface area contributed by atoms with E-state index in [0.717, 1.165) is 25.7 Å². The second-order valence-electron chi connectivity index (χ2n) is 3.25. The molecule has 0 atom stereocenters. The van der Waals surface area contributed by atoms with Gasteiger partial charge in [0.05, 0.1) is 7.11 Å². The van der Waals surface area contributed by atoms with Gasteiger partial charge in [-0.25, -0.2) is 4.79 Å². The Balaban J connectivity index is 0.00000144. The van der Waals surface area contributed by atoms with E-state index in [1.807, 2.05) is 0 Å². The molecule has 0 bridgehead atoms. The minimum Gasteiger partial charge on any atom is -0.453 e. The Morgan fingerprint density at radius 2 is 1.92 bits per heavy atom. The number of nitrogens with two attached hydrogens (primary N) is 1. The van der Waals surface area contributed by atoms with Gasteiger partial charge in [0.2, 0.25) is 0 Å². The molecular formula is C8H17ClN2O2. The molecule has 5 heteroatoms. The van der Waals surface area contributed by atoms with Gasteiger partial charge in [0.25, 0.3) is 0 Å². The smallest absolute Gasteiger partial charge is 0.407 e. The molecule has 0 spiro atoms. The van der Waals surface area contributed by atoms with Crippen LogP contribution in [0.15, 0.2) is 0 Å². The topological polar surface area (TPSA) is 64.3 Å². The minimum atomic E-state index is -0.338. The fraction of sp³-hybridized carbons (Fsp3) is 0.875. The van der Waals surface area contributed by atoms with E-state index in [0.29, 0.717) is 6.04 Å². The summed E-state index contributed by atoms with van der Waals surface area (Å²) in [6, 6.07) is 0.581. The van der Waals surface area contributed by atoms with Gasteiger partial charge >= 0.3 is 6.09 Å². The van der Waals surface area contributed by atoms with E-state index < -0.39 is 0 Å². The van der Waals surface area contributed by atoms with Crippen LogP contribution in [0.4, 0.5) is 4.79 Å². The molecule has 1 aliphatic rings. The van der Waals surface area contributed by atoms with E-state index in [1.54, 1.807) is 0 Å². The third kappa shape index (κ3) is 4.33. The molecule has 4 nitrogen and oxygen atoms in total. The first-order valence-electron chi connectivity index (χ1n) is 4.32. The number of rotatable bonds is 1. The molecule has 0 unspecified atom stereocenters. The zero-order chi connectivity index (χ0) is 8.97. The lowest BCUT2D eigenvalue weighted by atomic mass is 9.92. The summed E-state index contributed by atoms with van der Waals surface area (Å²) in [5.74, 6) is 0. The molecular weight excluding hydrogens is 192 g/mol. The Bertz CT molecular complexity index is 158. The maximum atomic E-state index is 10.8. The number of alkyl carbamates (subject to hydrolysis) is 1. The third-order valence-corrected chi connectivity index (χ3v) is 2.28. The summed E-state index contributed by atoms with van der Waals surface area (Å²) < 4.78 is 4.50. The van der Waals surface area contributed by atoms with E-state index in [9.17, 15) is 4.79 Å². The zero-order valence-corrected chi connectivity index (χ0v) is 8.60. The maximum Gasteiger partial charge on any atom is 0.407 e. The molecule has 1 aliphatic carbocycles. The predicted octanol–water partition coefficient (Wildman–Crippen LogP) is 1.03. The van der Waals surface area contributed by atoms with E-state index in [2.05, 4.69) is 10.1 Å². The number of ether oxygens (including phenoxy) is 1. The number of methoxy groups -OCH3 is 1. The molecule has 3 N–H and O–H groups in total. The average Bonchev–Trinajstić information content (AvgIpc) is 2.09. The first kappa shape index (κ1) is 12.5. The molecule has 1 rings (SSSR count). The first-order chi connectivity index (χ1) is 5.72. The Labute approximate surface area is 84.6 Å². The van der Waals surface area contributed by atoms with Gasteiger partial charge in [-0.05, 0) is 25.7 Å². The number of carbonyl (C=O) groups excluding carboxylic acids is 1. The Hall–Kier alpha value is -0.480. The molecule has 0 aromatic rings. The van der Waals surface area contributed by atoms with Crippen molar-refractivity contribution in [2.45, 2.75) is 37.8 Å². The van der Waals surface area contributed by atoms with Crippen molar-refractivity contribution >= 4 is 18.5 Å². The monoisotopic (exact) mass is 208 g/mol. The maximum absolute atomic E-state index is 10.8. The van der Waals surface area contributed by atoms with Crippen LogP contribution in [0, 0.1) is 0 Å². The van der Waals surface area contributed by atoms with Crippen LogP contribution in [0.5, 0.6) is 0 Å². The lowest BCUT2D eigenvalue weighted by Crippen LogP contribution is -2.40. The van der Waals surface area contributed by atoms with Crippen molar-refractivity contribution in [3.05, 3.63) is 0 Å². The van der Waals surface area contributed by atoms with Crippen LogP contribution < -0.4 is 11.1 Å². The van der Waals surface area contributed by atoms with Gasteiger partial charge in [0.15, 0.2) is 0 Å². The van der Waals surface area contributed by atoms with Gasteiger partial charge in [-0.1, -0.05) is 0 Å². The molecule has 0 aliphatic heterocycles. The van der Waals surface area contributed by atoms with Crippen molar-refractivity contribution < 1.29 is 9.53 Å². The van der Waals surface area contributed by atoms with Gasteiger partial charge in [0, 0.05) is 12.1 Å². The van der Waals surface area contributed by atoms with Crippen LogP contribution in [-0.4, -0.2) is 25.3 Å². The molecule has 78 valence electrons. The number of hydrogen-bond donors (Lipinski definition) is 2. The zero-order valence-electron chi connectivity index (χ0n) is 7.79. The Kier molecular flexibility index (Phi) is 5.82. The van der Waals surface area contributed by atoms with Crippen molar-refractivity contribution in [1.29, 1.82) is 0 Å². The van der Waals surface area contributed by atoms with Crippen molar-refractivity contribution in [3.8, 4) is 0 Å². The number of halogens is 1. The van der Waals surface area contributed by atoms with Crippen molar-refractivity contribution in [3.63, 3.8) is 0 Å². The van der Waals surface area contributed by atoms with E-state index in [4.69, 9.17) is 5.73 Å². The second kappa shape index (κ2) is 6.05. The standard InChI is InChI=1S/C8H16N2O2.ClH/c1-12-8(11)10-7-4-2-6(9)3-5-7;/h6-7H,2-5,9H2,1H3,(H,10,11);1H. The molecule has 1 amide bonds. The van der Waals surface area contributed by atoms with Gasteiger partial charge in [0.1, 0.15) is 0 Å². The van der Waals surface area contributed by atoms with Gasteiger partial charge in [-0.3, -0.25) is 0 Å². The predicted molar refractivity (Wildman–Crippen MR) is 53.0 cm³/mol. The fourth-order valence-corrected chi connectivity index (χ4v) is 1.49. The highest BCUT2D eigenvalue weighted by Crippen LogP contribution is 2.16. The number of amides is 1. The molecule has 0 radical (unpaired) electrons. The summed E-state index contributed by atoms with van der Waals surface area (Å²) in [5, 5.41) is 2.77. The highest BCUT2D eigenvalue weighted by Gasteiger charge is 2.19. The van der Waals surface area contributed by atoms with Crippen molar-refractivity contribution in [2.75, 3.05) is 7.11 Å². The van der Waals surface area contributed by atoms with Gasteiger partial charge in [-0.2, -0.15) is 0 Å². The molecule has 1 fully saturated rings. The van der Waals surface area contributed by atoms with Crippen LogP contribution in [0.25, 0.3) is 0 Å². The summed E-state index contributed by atoms with van der Waals surface area (Å²) >= 11 is 0. The van der Waals surface area contributed by atoms with Gasteiger partial charge < -0.3 is 15.8 Å². The second-order valence-corrected chi connectivity index (χ2v) is 3.25. The molecule has 13 heavy (non-hydrogen) atoms. The van der Waals surface area contributed by atoms with E-state index >= 15 is 0 Å². The SMILES string of the molecule is COC(=O)NC1CCC(N)CC1.Cl. The van der Waals surface area contributed by atoms with Gasteiger partial charge in [-0.15, -0.1) is 12.4 Å². The molecule has 0 saturated heterocycles. The third-order valence-electron chi connectivity index (χ3n) is 2.28. The summed E-state index contributed by atoms with van der Waals surface area (Å²) in [6.45, 7) is 0. The minimum absolute atomic E-state index is 0. The largest absolute Gasteiger partial charge is 0.453 e. The summed E-state index contributed by atoms with van der Waals surface area (Å²) in [5.41, 5.74) is 5.72. The lowest BCUT2D eigenvalue weighted by Gasteiger charge is -2.26. The van der Waals surface area contributed by atoms with Crippen molar-refractivity contribution in [1.82, 2.24) is 5.32 Å². The molecule has 0 heterocycles. The summed E-state index contributed by atoms with van der Waals surface area (Å²) in [4.78, 5) is 10.8.